The van der Waals surface area contributed by atoms with Crippen LogP contribution in [0.4, 0.5) is 0 Å². The maximum Gasteiger partial charge on any atom is 0.333 e. The summed E-state index contributed by atoms with van der Waals surface area (Å²) in [5.74, 6) is -0.450. The average Bonchev–Trinajstić information content (AvgIpc) is 2.40. The third-order valence-corrected chi connectivity index (χ3v) is 1.07. The van der Waals surface area contributed by atoms with Crippen LogP contribution in [-0.4, -0.2) is 12.3 Å². The number of hydrogen-bond acceptors (Lipinski definition) is 3. The Labute approximate surface area is 58.9 Å². The zero-order chi connectivity index (χ0) is 7.40. The largest absolute Gasteiger partial charge is 0.462 e. The topological polar surface area (TPSA) is 35.5 Å². The third kappa shape index (κ3) is 1.62. The third-order valence-electron chi connectivity index (χ3n) is 1.07. The maximum atomic E-state index is 10.5. The Morgan fingerprint density at radius 2 is 2.70 bits per heavy atom. The summed E-state index contributed by atoms with van der Waals surface area (Å²) in [4.78, 5) is 10.5. The van der Waals surface area contributed by atoms with Gasteiger partial charge in [-0.05, 0) is 6.08 Å². The fourth-order valence-corrected chi connectivity index (χ4v) is 0.619. The molecular weight excluding hydrogens is 132 g/mol. The van der Waals surface area contributed by atoms with Crippen LogP contribution in [0.3, 0.4) is 0 Å². The minimum Gasteiger partial charge on any atom is -0.462 e. The van der Waals surface area contributed by atoms with Crippen LogP contribution in [0.15, 0.2) is 25.0 Å². The standard InChI is InChI=1S/C7H8O3/c1-2-6(8)10-7-4-3-5-9-7/h2-3,5,7H,1,4H2. The van der Waals surface area contributed by atoms with Crippen LogP contribution in [0.1, 0.15) is 6.42 Å². The minimum absolute atomic E-state index is 0.439. The van der Waals surface area contributed by atoms with Crippen molar-refractivity contribution in [2.24, 2.45) is 0 Å². The van der Waals surface area contributed by atoms with E-state index in [-0.39, 0.29) is 0 Å². The summed E-state index contributed by atoms with van der Waals surface area (Å²) in [5.41, 5.74) is 0. The molecule has 3 nitrogen and oxygen atoms in total. The van der Waals surface area contributed by atoms with E-state index in [1.807, 2.05) is 0 Å². The summed E-state index contributed by atoms with van der Waals surface area (Å²) in [5, 5.41) is 0. The Balaban J connectivity index is 2.26. The second-order valence-electron chi connectivity index (χ2n) is 1.81. The summed E-state index contributed by atoms with van der Waals surface area (Å²) >= 11 is 0. The highest BCUT2D eigenvalue weighted by Crippen LogP contribution is 2.09. The van der Waals surface area contributed by atoms with Gasteiger partial charge in [0.05, 0.1) is 6.26 Å². The van der Waals surface area contributed by atoms with Crippen LogP contribution in [0.2, 0.25) is 0 Å². The van der Waals surface area contributed by atoms with E-state index in [9.17, 15) is 4.79 Å². The fraction of sp³-hybridized carbons (Fsp3) is 0.286. The maximum absolute atomic E-state index is 10.5. The molecule has 0 aliphatic carbocycles. The summed E-state index contributed by atoms with van der Waals surface area (Å²) < 4.78 is 9.57. The second-order valence-corrected chi connectivity index (χ2v) is 1.81. The van der Waals surface area contributed by atoms with E-state index in [0.29, 0.717) is 6.42 Å². The van der Waals surface area contributed by atoms with E-state index in [0.717, 1.165) is 6.08 Å². The quantitative estimate of drug-likeness (QED) is 0.423. The number of hydrogen-bond donors (Lipinski definition) is 0. The van der Waals surface area contributed by atoms with Gasteiger partial charge in [0.1, 0.15) is 0 Å². The van der Waals surface area contributed by atoms with Crippen molar-refractivity contribution in [3.05, 3.63) is 25.0 Å². The summed E-state index contributed by atoms with van der Waals surface area (Å²) in [6.45, 7) is 3.25. The molecule has 0 radical (unpaired) electrons. The Bertz CT molecular complexity index is 164. The molecule has 54 valence electrons. The molecule has 0 fully saturated rings. The van der Waals surface area contributed by atoms with Gasteiger partial charge in [-0.1, -0.05) is 6.58 Å². The lowest BCUT2D eigenvalue weighted by molar-refractivity contribution is -0.159. The Kier molecular flexibility index (Phi) is 2.10. The van der Waals surface area contributed by atoms with E-state index in [1.54, 1.807) is 6.08 Å². The van der Waals surface area contributed by atoms with Gasteiger partial charge in [0, 0.05) is 12.5 Å². The molecule has 1 heterocycles. The predicted octanol–water partition coefficient (Wildman–Crippen LogP) is 0.976. The first kappa shape index (κ1) is 6.86. The molecule has 0 bridgehead atoms. The molecule has 1 aliphatic rings. The van der Waals surface area contributed by atoms with Gasteiger partial charge < -0.3 is 9.47 Å². The van der Waals surface area contributed by atoms with Gasteiger partial charge in [0.25, 0.3) is 0 Å². The lowest BCUT2D eigenvalue weighted by atomic mass is 10.4. The molecule has 0 aromatic carbocycles. The van der Waals surface area contributed by atoms with E-state index in [4.69, 9.17) is 9.47 Å². The lowest BCUT2D eigenvalue weighted by Gasteiger charge is -2.08. The molecule has 0 aromatic rings. The molecule has 3 heteroatoms. The van der Waals surface area contributed by atoms with E-state index < -0.39 is 12.3 Å². The van der Waals surface area contributed by atoms with Crippen LogP contribution >= 0.6 is 0 Å². The zero-order valence-electron chi connectivity index (χ0n) is 5.45. The first-order chi connectivity index (χ1) is 4.83. The van der Waals surface area contributed by atoms with Crippen molar-refractivity contribution in [3.8, 4) is 0 Å². The molecule has 1 rings (SSSR count). The van der Waals surface area contributed by atoms with Crippen molar-refractivity contribution in [3.63, 3.8) is 0 Å². The summed E-state index contributed by atoms with van der Waals surface area (Å²) in [6.07, 6.45) is 4.61. The van der Waals surface area contributed by atoms with Gasteiger partial charge in [-0.3, -0.25) is 0 Å². The monoisotopic (exact) mass is 140 g/mol. The van der Waals surface area contributed by atoms with E-state index >= 15 is 0 Å². The smallest absolute Gasteiger partial charge is 0.333 e. The van der Waals surface area contributed by atoms with E-state index in [2.05, 4.69) is 6.58 Å². The molecular formula is C7H8O3. The molecule has 0 aromatic heterocycles. The SMILES string of the molecule is C=CC(=O)OC1CC=CO1. The van der Waals surface area contributed by atoms with Crippen molar-refractivity contribution in [2.45, 2.75) is 12.7 Å². The normalized spacial score (nSPS) is 21.8. The highest BCUT2D eigenvalue weighted by Gasteiger charge is 2.13. The van der Waals surface area contributed by atoms with Crippen molar-refractivity contribution in [1.82, 2.24) is 0 Å². The number of esters is 1. The molecule has 0 spiro atoms. The van der Waals surface area contributed by atoms with Crippen LogP contribution in [0.5, 0.6) is 0 Å². The second kappa shape index (κ2) is 3.06. The minimum atomic E-state index is -0.450. The number of rotatable bonds is 2. The van der Waals surface area contributed by atoms with Crippen molar-refractivity contribution < 1.29 is 14.3 Å². The molecule has 0 amide bonds. The summed E-state index contributed by atoms with van der Waals surface area (Å²) in [7, 11) is 0. The highest BCUT2D eigenvalue weighted by molar-refractivity contribution is 5.81. The average molecular weight is 140 g/mol. The van der Waals surface area contributed by atoms with Gasteiger partial charge in [-0.25, -0.2) is 4.79 Å². The Morgan fingerprint density at radius 3 is 3.20 bits per heavy atom. The number of ether oxygens (including phenoxy) is 2. The van der Waals surface area contributed by atoms with Crippen LogP contribution in [0, 0.1) is 0 Å². The highest BCUT2D eigenvalue weighted by atomic mass is 16.7. The molecule has 1 unspecified atom stereocenters. The molecule has 0 saturated heterocycles. The zero-order valence-corrected chi connectivity index (χ0v) is 5.45. The Hall–Kier alpha value is -1.25. The van der Waals surface area contributed by atoms with Crippen LogP contribution in [-0.2, 0) is 14.3 Å². The first-order valence-electron chi connectivity index (χ1n) is 2.96. The molecule has 10 heavy (non-hydrogen) atoms. The molecule has 1 atom stereocenters. The summed E-state index contributed by atoms with van der Waals surface area (Å²) in [6, 6.07) is 0. The number of carbonyl (C=O) groups excluding carboxylic acids is 1. The van der Waals surface area contributed by atoms with E-state index in [1.165, 1.54) is 6.26 Å². The molecule has 0 N–H and O–H groups in total. The van der Waals surface area contributed by atoms with Crippen molar-refractivity contribution in [2.75, 3.05) is 0 Å². The lowest BCUT2D eigenvalue weighted by Crippen LogP contribution is -2.14. The van der Waals surface area contributed by atoms with Gasteiger partial charge in [-0.2, -0.15) is 0 Å². The number of carbonyl (C=O) groups is 1. The Morgan fingerprint density at radius 1 is 1.90 bits per heavy atom. The van der Waals surface area contributed by atoms with Crippen LogP contribution < -0.4 is 0 Å². The fourth-order valence-electron chi connectivity index (χ4n) is 0.619. The van der Waals surface area contributed by atoms with Crippen molar-refractivity contribution in [1.29, 1.82) is 0 Å². The predicted molar refractivity (Wildman–Crippen MR) is 34.9 cm³/mol. The van der Waals surface area contributed by atoms with Crippen molar-refractivity contribution >= 4 is 5.97 Å². The van der Waals surface area contributed by atoms with Gasteiger partial charge in [0.2, 0.25) is 6.29 Å². The van der Waals surface area contributed by atoms with Gasteiger partial charge in [-0.15, -0.1) is 0 Å². The first-order valence-corrected chi connectivity index (χ1v) is 2.96. The molecule has 1 aliphatic heterocycles. The van der Waals surface area contributed by atoms with Gasteiger partial charge in [0.15, 0.2) is 0 Å². The van der Waals surface area contributed by atoms with Gasteiger partial charge >= 0.3 is 5.97 Å². The van der Waals surface area contributed by atoms with Crippen LogP contribution in [0.25, 0.3) is 0 Å². The molecule has 0 saturated carbocycles.